The lowest BCUT2D eigenvalue weighted by Crippen LogP contribution is -2.47. The lowest BCUT2D eigenvalue weighted by atomic mass is 9.86. The molecule has 0 aliphatic carbocycles. The van der Waals surface area contributed by atoms with Gasteiger partial charge in [-0.25, -0.2) is 0 Å². The number of piperazine rings is 1. The molecule has 5 nitrogen and oxygen atoms in total. The van der Waals surface area contributed by atoms with Gasteiger partial charge in [0, 0.05) is 51.3 Å². The molecule has 2 amide bonds. The van der Waals surface area contributed by atoms with Crippen molar-refractivity contribution < 1.29 is 9.59 Å². The highest BCUT2D eigenvalue weighted by molar-refractivity contribution is 5.94. The molecule has 2 aromatic rings. The van der Waals surface area contributed by atoms with Crippen molar-refractivity contribution in [3.8, 4) is 0 Å². The van der Waals surface area contributed by atoms with Crippen molar-refractivity contribution in [2.24, 2.45) is 0 Å². The number of aryl methyl sites for hydroxylation is 1. The van der Waals surface area contributed by atoms with E-state index >= 15 is 0 Å². The van der Waals surface area contributed by atoms with Gasteiger partial charge in [-0.2, -0.15) is 0 Å². The lowest BCUT2D eigenvalue weighted by Gasteiger charge is -2.29. The highest BCUT2D eigenvalue weighted by Crippen LogP contribution is 2.23. The summed E-state index contributed by atoms with van der Waals surface area (Å²) in [5, 5.41) is 3.27. The molecular formula is C26H35N3O2. The first-order valence-corrected chi connectivity index (χ1v) is 11.2. The number of nitrogens with zero attached hydrogens (tertiary/aromatic N) is 2. The first-order chi connectivity index (χ1) is 14.7. The molecule has 0 unspecified atom stereocenters. The van der Waals surface area contributed by atoms with Crippen LogP contribution in [0.1, 0.15) is 54.2 Å². The maximum Gasteiger partial charge on any atom is 0.254 e. The molecule has 1 aliphatic heterocycles. The summed E-state index contributed by atoms with van der Waals surface area (Å²) in [6, 6.07) is 16.1. The summed E-state index contributed by atoms with van der Waals surface area (Å²) in [6.45, 7) is 12.6. The number of hydrogen-bond donors (Lipinski definition) is 1. The molecule has 0 radical (unpaired) electrons. The molecule has 1 saturated heterocycles. The second kappa shape index (κ2) is 10.1. The third kappa shape index (κ3) is 6.41. The summed E-state index contributed by atoms with van der Waals surface area (Å²) in [5.41, 5.74) is 4.14. The highest BCUT2D eigenvalue weighted by atomic mass is 16.2. The molecule has 0 bridgehead atoms. The van der Waals surface area contributed by atoms with E-state index in [9.17, 15) is 9.59 Å². The van der Waals surface area contributed by atoms with Crippen LogP contribution in [0.25, 0.3) is 0 Å². The van der Waals surface area contributed by atoms with Crippen LogP contribution in [0.4, 0.5) is 0 Å². The normalized spacial score (nSPS) is 14.4. The van der Waals surface area contributed by atoms with Crippen LogP contribution >= 0.6 is 0 Å². The molecule has 0 spiro atoms. The zero-order valence-corrected chi connectivity index (χ0v) is 19.3. The van der Waals surface area contributed by atoms with Crippen LogP contribution in [0.3, 0.4) is 0 Å². The second-order valence-electron chi connectivity index (χ2n) is 9.42. The molecule has 1 heterocycles. The molecule has 1 fully saturated rings. The van der Waals surface area contributed by atoms with Gasteiger partial charge in [0.2, 0.25) is 5.91 Å². The first-order valence-electron chi connectivity index (χ1n) is 11.2. The number of hydrogen-bond acceptors (Lipinski definition) is 3. The first kappa shape index (κ1) is 23.0. The predicted molar refractivity (Wildman–Crippen MR) is 125 cm³/mol. The van der Waals surface area contributed by atoms with Crippen LogP contribution < -0.4 is 5.32 Å². The van der Waals surface area contributed by atoms with E-state index in [-0.39, 0.29) is 17.2 Å². The Hall–Kier alpha value is -2.66. The van der Waals surface area contributed by atoms with Crippen LogP contribution in [0.15, 0.2) is 48.5 Å². The zero-order chi connectivity index (χ0) is 22.4. The van der Waals surface area contributed by atoms with Gasteiger partial charge < -0.3 is 15.1 Å². The zero-order valence-electron chi connectivity index (χ0n) is 19.3. The minimum Gasteiger partial charge on any atom is -0.340 e. The van der Waals surface area contributed by atoms with Gasteiger partial charge in [-0.1, -0.05) is 62.7 Å². The van der Waals surface area contributed by atoms with Gasteiger partial charge in [0.15, 0.2) is 0 Å². The van der Waals surface area contributed by atoms with Crippen molar-refractivity contribution in [3.63, 3.8) is 0 Å². The van der Waals surface area contributed by atoms with E-state index in [1.54, 1.807) is 4.90 Å². The van der Waals surface area contributed by atoms with Crippen molar-refractivity contribution in [2.75, 3.05) is 32.7 Å². The fourth-order valence-corrected chi connectivity index (χ4v) is 3.88. The lowest BCUT2D eigenvalue weighted by molar-refractivity contribution is -0.132. The third-order valence-corrected chi connectivity index (χ3v) is 5.81. The number of rotatable bonds is 6. The highest BCUT2D eigenvalue weighted by Gasteiger charge is 2.22. The summed E-state index contributed by atoms with van der Waals surface area (Å²) >= 11 is 0. The number of amides is 2. The molecular weight excluding hydrogens is 386 g/mol. The van der Waals surface area contributed by atoms with Crippen molar-refractivity contribution >= 4 is 11.8 Å². The number of carbonyl (C=O) groups is 2. The van der Waals surface area contributed by atoms with E-state index < -0.39 is 0 Å². The van der Waals surface area contributed by atoms with E-state index in [2.05, 4.69) is 45.1 Å². The Kier molecular flexibility index (Phi) is 7.50. The molecule has 3 rings (SSSR count). The van der Waals surface area contributed by atoms with E-state index in [0.717, 1.165) is 37.3 Å². The van der Waals surface area contributed by atoms with Gasteiger partial charge in [-0.3, -0.25) is 9.59 Å². The number of nitrogens with one attached hydrogen (secondary N) is 1. The standard InChI is InChI=1S/C26H35N3O2/c1-20-6-5-7-21(18-20)19-29(15-12-24(30)28-16-13-27-14-17-28)25(31)22-8-10-23(11-9-22)26(2,3)4/h5-11,18,27H,12-17,19H2,1-4H3. The fourth-order valence-electron chi connectivity index (χ4n) is 3.88. The van der Waals surface area contributed by atoms with Crippen molar-refractivity contribution in [3.05, 3.63) is 70.8 Å². The largest absolute Gasteiger partial charge is 0.340 e. The van der Waals surface area contributed by atoms with Gasteiger partial charge in [-0.05, 0) is 35.6 Å². The average Bonchev–Trinajstić information content (AvgIpc) is 2.76. The maximum atomic E-state index is 13.4. The molecule has 5 heteroatoms. The Morgan fingerprint density at radius 1 is 1.03 bits per heavy atom. The van der Waals surface area contributed by atoms with E-state index in [1.165, 1.54) is 5.56 Å². The SMILES string of the molecule is Cc1cccc(CN(CCC(=O)N2CCNCC2)C(=O)c2ccc(C(C)(C)C)cc2)c1. The van der Waals surface area contributed by atoms with Crippen LogP contribution in [0.2, 0.25) is 0 Å². The van der Waals surface area contributed by atoms with Gasteiger partial charge in [0.25, 0.3) is 5.91 Å². The molecule has 1 N–H and O–H groups in total. The quantitative estimate of drug-likeness (QED) is 0.773. The smallest absolute Gasteiger partial charge is 0.254 e. The average molecular weight is 422 g/mol. The van der Waals surface area contributed by atoms with Crippen molar-refractivity contribution in [1.82, 2.24) is 15.1 Å². The Labute approximate surface area is 186 Å². The monoisotopic (exact) mass is 421 g/mol. The Bertz CT molecular complexity index is 894. The molecule has 0 atom stereocenters. The number of benzene rings is 2. The minimum atomic E-state index is -0.0323. The van der Waals surface area contributed by atoms with Crippen LogP contribution in [-0.2, 0) is 16.8 Å². The topological polar surface area (TPSA) is 52.7 Å². The molecule has 0 aromatic heterocycles. The van der Waals surface area contributed by atoms with Crippen molar-refractivity contribution in [1.29, 1.82) is 0 Å². The van der Waals surface area contributed by atoms with E-state index in [1.807, 2.05) is 41.3 Å². The number of carbonyl (C=O) groups excluding carboxylic acids is 2. The maximum absolute atomic E-state index is 13.4. The summed E-state index contributed by atoms with van der Waals surface area (Å²) in [7, 11) is 0. The molecule has 1 aliphatic rings. The summed E-state index contributed by atoms with van der Waals surface area (Å²) in [5.74, 6) is 0.0849. The molecule has 0 saturated carbocycles. The molecule has 2 aromatic carbocycles. The fraction of sp³-hybridized carbons (Fsp3) is 0.462. The Morgan fingerprint density at radius 3 is 2.32 bits per heavy atom. The van der Waals surface area contributed by atoms with Gasteiger partial charge >= 0.3 is 0 Å². The van der Waals surface area contributed by atoms with Crippen molar-refractivity contribution in [2.45, 2.75) is 46.1 Å². The third-order valence-electron chi connectivity index (χ3n) is 5.81. The predicted octanol–water partition coefficient (Wildman–Crippen LogP) is 3.76. The van der Waals surface area contributed by atoms with Gasteiger partial charge in [0.1, 0.15) is 0 Å². The van der Waals surface area contributed by atoms with Gasteiger partial charge in [0.05, 0.1) is 0 Å². The van der Waals surface area contributed by atoms with Crippen LogP contribution in [0.5, 0.6) is 0 Å². The van der Waals surface area contributed by atoms with E-state index in [4.69, 9.17) is 0 Å². The van der Waals surface area contributed by atoms with Gasteiger partial charge in [-0.15, -0.1) is 0 Å². The van der Waals surface area contributed by atoms with Crippen LogP contribution in [0, 0.1) is 6.92 Å². The summed E-state index contributed by atoms with van der Waals surface area (Å²) in [4.78, 5) is 29.8. The van der Waals surface area contributed by atoms with Crippen LogP contribution in [-0.4, -0.2) is 54.3 Å². The summed E-state index contributed by atoms with van der Waals surface area (Å²) in [6.07, 6.45) is 0.345. The minimum absolute atomic E-state index is 0.0323. The van der Waals surface area contributed by atoms with E-state index in [0.29, 0.717) is 25.1 Å². The second-order valence-corrected chi connectivity index (χ2v) is 9.42. The Balaban J connectivity index is 1.75. The summed E-state index contributed by atoms with van der Waals surface area (Å²) < 4.78 is 0. The molecule has 31 heavy (non-hydrogen) atoms. The Morgan fingerprint density at radius 2 is 1.71 bits per heavy atom. The molecule has 166 valence electrons.